The zero-order valence-corrected chi connectivity index (χ0v) is 10.8. The fraction of sp³-hybridized carbons (Fsp3) is 0.750. The molecule has 0 spiro atoms. The fourth-order valence-corrected chi connectivity index (χ4v) is 3.22. The molecule has 0 amide bonds. The van der Waals surface area contributed by atoms with Gasteiger partial charge in [0.2, 0.25) is 0 Å². The van der Waals surface area contributed by atoms with Crippen LogP contribution in [0.3, 0.4) is 0 Å². The van der Waals surface area contributed by atoms with Gasteiger partial charge in [-0.15, -0.1) is 11.3 Å². The Bertz CT molecular complexity index is 338. The molecule has 0 aromatic carbocycles. The van der Waals surface area contributed by atoms with Gasteiger partial charge in [0.05, 0.1) is 16.8 Å². The third kappa shape index (κ3) is 2.81. The first-order valence-corrected chi connectivity index (χ1v) is 6.91. The minimum absolute atomic E-state index is 0.430. The molecule has 1 N–H and O–H groups in total. The molecule has 0 aliphatic carbocycles. The molecule has 3 nitrogen and oxygen atoms in total. The molecular formula is C12H20N2OS. The Morgan fingerprint density at radius 2 is 2.50 bits per heavy atom. The number of thiazole rings is 1. The zero-order valence-electron chi connectivity index (χ0n) is 10.0. The molecule has 4 heteroatoms. The summed E-state index contributed by atoms with van der Waals surface area (Å²) >= 11 is 1.68. The van der Waals surface area contributed by atoms with Crippen LogP contribution in [0.25, 0.3) is 0 Å². The van der Waals surface area contributed by atoms with E-state index < -0.39 is 6.10 Å². The first kappa shape index (κ1) is 12.0. The third-order valence-electron chi connectivity index (χ3n) is 3.28. The van der Waals surface area contributed by atoms with Gasteiger partial charge in [-0.1, -0.05) is 6.92 Å². The normalized spacial score (nSPS) is 23.8. The Labute approximate surface area is 101 Å². The molecule has 1 saturated heterocycles. The molecule has 90 valence electrons. The first-order valence-electron chi connectivity index (χ1n) is 6.03. The second-order valence-corrected chi connectivity index (χ2v) is 5.54. The standard InChI is InChI=1S/C12H20N2OS/c1-3-14-5-4-10(7-14)6-12-13-11(8-16-12)9(2)15/h8-10,15H,3-7H2,1-2H3. The Kier molecular flexibility index (Phi) is 3.95. The van der Waals surface area contributed by atoms with Gasteiger partial charge in [0.25, 0.3) is 0 Å². The largest absolute Gasteiger partial charge is 0.387 e. The molecule has 1 aliphatic heterocycles. The molecule has 1 aromatic heterocycles. The molecule has 1 aliphatic rings. The topological polar surface area (TPSA) is 36.4 Å². The van der Waals surface area contributed by atoms with Crippen LogP contribution in [0, 0.1) is 5.92 Å². The summed E-state index contributed by atoms with van der Waals surface area (Å²) in [6.07, 6.45) is 1.94. The predicted octanol–water partition coefficient (Wildman–Crippen LogP) is 2.08. The van der Waals surface area contributed by atoms with E-state index in [1.165, 1.54) is 24.5 Å². The SMILES string of the molecule is CCN1CCC(Cc2nc(C(C)O)cs2)C1. The predicted molar refractivity (Wildman–Crippen MR) is 66.7 cm³/mol. The molecule has 1 fully saturated rings. The van der Waals surface area contributed by atoms with Crippen LogP contribution in [0.15, 0.2) is 5.38 Å². The lowest BCUT2D eigenvalue weighted by Crippen LogP contribution is -2.20. The van der Waals surface area contributed by atoms with E-state index in [4.69, 9.17) is 0 Å². The van der Waals surface area contributed by atoms with Crippen LogP contribution in [0.2, 0.25) is 0 Å². The maximum Gasteiger partial charge on any atom is 0.0940 e. The maximum absolute atomic E-state index is 9.41. The van der Waals surface area contributed by atoms with Crippen molar-refractivity contribution in [1.29, 1.82) is 0 Å². The van der Waals surface area contributed by atoms with Gasteiger partial charge in [-0.25, -0.2) is 4.98 Å². The molecule has 0 bridgehead atoms. The van der Waals surface area contributed by atoms with Gasteiger partial charge >= 0.3 is 0 Å². The minimum Gasteiger partial charge on any atom is -0.387 e. The highest BCUT2D eigenvalue weighted by molar-refractivity contribution is 7.09. The van der Waals surface area contributed by atoms with E-state index in [1.807, 2.05) is 5.38 Å². The van der Waals surface area contributed by atoms with Crippen molar-refractivity contribution < 1.29 is 5.11 Å². The van der Waals surface area contributed by atoms with E-state index in [0.717, 1.165) is 24.6 Å². The Morgan fingerprint density at radius 1 is 1.69 bits per heavy atom. The summed E-state index contributed by atoms with van der Waals surface area (Å²) in [7, 11) is 0. The number of rotatable bonds is 4. The lowest BCUT2D eigenvalue weighted by Gasteiger charge is -2.11. The van der Waals surface area contributed by atoms with Gasteiger partial charge in [0.15, 0.2) is 0 Å². The molecule has 1 aromatic rings. The molecule has 0 saturated carbocycles. The molecule has 2 atom stereocenters. The zero-order chi connectivity index (χ0) is 11.5. The van der Waals surface area contributed by atoms with E-state index in [0.29, 0.717) is 0 Å². The van der Waals surface area contributed by atoms with Crippen molar-refractivity contribution in [2.75, 3.05) is 19.6 Å². The van der Waals surface area contributed by atoms with E-state index in [2.05, 4.69) is 16.8 Å². The highest BCUT2D eigenvalue weighted by Gasteiger charge is 2.22. The summed E-state index contributed by atoms with van der Waals surface area (Å²) in [6.45, 7) is 7.59. The number of aromatic nitrogens is 1. The van der Waals surface area contributed by atoms with E-state index in [-0.39, 0.29) is 0 Å². The van der Waals surface area contributed by atoms with Crippen LogP contribution in [0.4, 0.5) is 0 Å². The first-order chi connectivity index (χ1) is 7.69. The fourth-order valence-electron chi connectivity index (χ4n) is 2.22. The summed E-state index contributed by atoms with van der Waals surface area (Å²) in [5, 5.41) is 12.6. The van der Waals surface area contributed by atoms with Gasteiger partial charge in [0, 0.05) is 18.3 Å². The van der Waals surface area contributed by atoms with Crippen molar-refractivity contribution in [1.82, 2.24) is 9.88 Å². The van der Waals surface area contributed by atoms with Crippen LogP contribution in [-0.4, -0.2) is 34.6 Å². The summed E-state index contributed by atoms with van der Waals surface area (Å²) in [5.74, 6) is 0.757. The van der Waals surface area contributed by atoms with E-state index in [1.54, 1.807) is 18.3 Å². The summed E-state index contributed by atoms with van der Waals surface area (Å²) in [6, 6.07) is 0. The highest BCUT2D eigenvalue weighted by atomic mass is 32.1. The van der Waals surface area contributed by atoms with Crippen LogP contribution < -0.4 is 0 Å². The lowest BCUT2D eigenvalue weighted by atomic mass is 10.1. The van der Waals surface area contributed by atoms with Crippen LogP contribution in [-0.2, 0) is 6.42 Å². The minimum atomic E-state index is -0.430. The van der Waals surface area contributed by atoms with Gasteiger partial charge in [-0.05, 0) is 32.4 Å². The second kappa shape index (κ2) is 5.25. The average Bonchev–Trinajstić information content (AvgIpc) is 2.87. The Morgan fingerprint density at radius 3 is 3.06 bits per heavy atom. The third-order valence-corrected chi connectivity index (χ3v) is 4.17. The quantitative estimate of drug-likeness (QED) is 0.875. The maximum atomic E-state index is 9.41. The van der Waals surface area contributed by atoms with Crippen molar-refractivity contribution in [2.45, 2.75) is 32.8 Å². The average molecular weight is 240 g/mol. The van der Waals surface area contributed by atoms with E-state index in [9.17, 15) is 5.11 Å². The van der Waals surface area contributed by atoms with Crippen molar-refractivity contribution in [3.63, 3.8) is 0 Å². The summed E-state index contributed by atoms with van der Waals surface area (Å²) < 4.78 is 0. The van der Waals surface area contributed by atoms with Crippen molar-refractivity contribution in [3.05, 3.63) is 16.1 Å². The number of aliphatic hydroxyl groups excluding tert-OH is 1. The number of hydrogen-bond donors (Lipinski definition) is 1. The van der Waals surface area contributed by atoms with Gasteiger partial charge in [-0.2, -0.15) is 0 Å². The van der Waals surface area contributed by atoms with Crippen LogP contribution >= 0.6 is 11.3 Å². The van der Waals surface area contributed by atoms with Gasteiger partial charge in [-0.3, -0.25) is 0 Å². The lowest BCUT2D eigenvalue weighted by molar-refractivity contribution is 0.195. The number of nitrogens with zero attached hydrogens (tertiary/aromatic N) is 2. The number of hydrogen-bond acceptors (Lipinski definition) is 4. The molecule has 2 unspecified atom stereocenters. The van der Waals surface area contributed by atoms with Crippen molar-refractivity contribution in [2.24, 2.45) is 5.92 Å². The smallest absolute Gasteiger partial charge is 0.0940 e. The highest BCUT2D eigenvalue weighted by Crippen LogP contribution is 2.23. The molecule has 2 rings (SSSR count). The summed E-state index contributed by atoms with van der Waals surface area (Å²) in [5.41, 5.74) is 0.824. The Balaban J connectivity index is 1.89. The molecular weight excluding hydrogens is 220 g/mol. The van der Waals surface area contributed by atoms with Gasteiger partial charge in [0.1, 0.15) is 0 Å². The van der Waals surface area contributed by atoms with Crippen molar-refractivity contribution >= 4 is 11.3 Å². The van der Waals surface area contributed by atoms with Crippen LogP contribution in [0.5, 0.6) is 0 Å². The number of aliphatic hydroxyl groups is 1. The number of likely N-dealkylation sites (tertiary alicyclic amines) is 1. The summed E-state index contributed by atoms with van der Waals surface area (Å²) in [4.78, 5) is 6.97. The molecule has 16 heavy (non-hydrogen) atoms. The molecule has 0 radical (unpaired) electrons. The van der Waals surface area contributed by atoms with E-state index >= 15 is 0 Å². The van der Waals surface area contributed by atoms with Crippen LogP contribution in [0.1, 0.15) is 37.1 Å². The Hall–Kier alpha value is -0.450. The molecule has 2 heterocycles. The monoisotopic (exact) mass is 240 g/mol. The van der Waals surface area contributed by atoms with Gasteiger partial charge < -0.3 is 10.0 Å². The second-order valence-electron chi connectivity index (χ2n) is 4.59. The van der Waals surface area contributed by atoms with Crippen molar-refractivity contribution in [3.8, 4) is 0 Å².